The second-order valence-electron chi connectivity index (χ2n) is 4.32. The fraction of sp³-hybridized carbons (Fsp3) is 0.462. The molecule has 1 aromatic rings. The van der Waals surface area contributed by atoms with Crippen molar-refractivity contribution in [1.82, 2.24) is 0 Å². The molecule has 0 aliphatic carbocycles. The van der Waals surface area contributed by atoms with Gasteiger partial charge in [0.2, 0.25) is 5.78 Å². The molecule has 0 N–H and O–H groups in total. The largest absolute Gasteiger partial charge is 0.491 e. The van der Waals surface area contributed by atoms with Gasteiger partial charge < -0.3 is 14.2 Å². The van der Waals surface area contributed by atoms with Crippen molar-refractivity contribution in [1.29, 1.82) is 0 Å². The van der Waals surface area contributed by atoms with Crippen LogP contribution in [-0.2, 0) is 4.74 Å². The first-order valence-electron chi connectivity index (χ1n) is 5.87. The van der Waals surface area contributed by atoms with Crippen molar-refractivity contribution in [2.75, 3.05) is 19.8 Å². The van der Waals surface area contributed by atoms with Crippen molar-refractivity contribution in [2.24, 2.45) is 0 Å². The lowest BCUT2D eigenvalue weighted by Crippen LogP contribution is -2.16. The van der Waals surface area contributed by atoms with E-state index in [0.29, 0.717) is 17.9 Å². The summed E-state index contributed by atoms with van der Waals surface area (Å²) in [6, 6.07) is 5.34. The molecule has 0 saturated carbocycles. The summed E-state index contributed by atoms with van der Waals surface area (Å²) in [5, 5.41) is 0. The molecule has 17 heavy (non-hydrogen) atoms. The molecule has 4 nitrogen and oxygen atoms in total. The van der Waals surface area contributed by atoms with Crippen LogP contribution >= 0.6 is 0 Å². The van der Waals surface area contributed by atoms with Gasteiger partial charge in [0.15, 0.2) is 6.61 Å². The minimum absolute atomic E-state index is 0.0330. The monoisotopic (exact) mass is 234 g/mol. The number of carbonyl (C=O) groups excluding carboxylic acids is 1. The second kappa shape index (κ2) is 4.37. The molecule has 2 heterocycles. The summed E-state index contributed by atoms with van der Waals surface area (Å²) < 4.78 is 16.4. The zero-order valence-corrected chi connectivity index (χ0v) is 9.48. The van der Waals surface area contributed by atoms with Crippen molar-refractivity contribution in [3.05, 3.63) is 23.8 Å². The molecule has 0 bridgehead atoms. The van der Waals surface area contributed by atoms with Crippen LogP contribution in [0.1, 0.15) is 23.2 Å². The van der Waals surface area contributed by atoms with Gasteiger partial charge in [-0.3, -0.25) is 4.79 Å². The van der Waals surface area contributed by atoms with Crippen LogP contribution in [0.15, 0.2) is 18.2 Å². The highest BCUT2D eigenvalue weighted by atomic mass is 16.5. The Bertz CT molecular complexity index is 435. The summed E-state index contributed by atoms with van der Waals surface area (Å²) >= 11 is 0. The molecule has 1 unspecified atom stereocenters. The number of hydrogen-bond donors (Lipinski definition) is 0. The molecule has 2 aliphatic heterocycles. The third kappa shape index (κ3) is 2.13. The molecule has 0 radical (unpaired) electrons. The van der Waals surface area contributed by atoms with Crippen molar-refractivity contribution in [3.63, 3.8) is 0 Å². The van der Waals surface area contributed by atoms with E-state index in [0.717, 1.165) is 25.2 Å². The number of benzene rings is 1. The summed E-state index contributed by atoms with van der Waals surface area (Å²) in [4.78, 5) is 11.4. The predicted molar refractivity (Wildman–Crippen MR) is 60.7 cm³/mol. The third-order valence-corrected chi connectivity index (χ3v) is 3.07. The second-order valence-corrected chi connectivity index (χ2v) is 4.32. The fourth-order valence-corrected chi connectivity index (χ4v) is 2.13. The molecule has 0 amide bonds. The lowest BCUT2D eigenvalue weighted by atomic mass is 10.1. The van der Waals surface area contributed by atoms with E-state index in [1.165, 1.54) is 0 Å². The number of rotatable bonds is 3. The van der Waals surface area contributed by atoms with Crippen LogP contribution < -0.4 is 9.47 Å². The molecular weight excluding hydrogens is 220 g/mol. The van der Waals surface area contributed by atoms with E-state index in [9.17, 15) is 4.79 Å². The summed E-state index contributed by atoms with van der Waals surface area (Å²) in [5.41, 5.74) is 0.648. The van der Waals surface area contributed by atoms with Crippen LogP contribution in [0.3, 0.4) is 0 Å². The number of ether oxygens (including phenoxy) is 3. The Morgan fingerprint density at radius 1 is 1.41 bits per heavy atom. The maximum atomic E-state index is 11.4. The number of ketones is 1. The molecule has 0 spiro atoms. The van der Waals surface area contributed by atoms with Gasteiger partial charge in [-0.25, -0.2) is 0 Å². The van der Waals surface area contributed by atoms with Gasteiger partial charge >= 0.3 is 0 Å². The van der Waals surface area contributed by atoms with Crippen molar-refractivity contribution < 1.29 is 19.0 Å². The minimum Gasteiger partial charge on any atom is -0.491 e. The zero-order valence-electron chi connectivity index (χ0n) is 9.48. The highest BCUT2D eigenvalue weighted by molar-refractivity contribution is 6.02. The smallest absolute Gasteiger partial charge is 0.203 e. The van der Waals surface area contributed by atoms with Gasteiger partial charge in [0, 0.05) is 12.7 Å². The standard InChI is InChI=1S/C13H14O4/c14-12-8-17-13-6-9(3-4-11(12)13)16-7-10-2-1-5-15-10/h3-4,6,10H,1-2,5,7-8H2. The Hall–Kier alpha value is -1.55. The number of carbonyl (C=O) groups is 1. The average molecular weight is 234 g/mol. The van der Waals surface area contributed by atoms with Crippen LogP contribution in [0.2, 0.25) is 0 Å². The Kier molecular flexibility index (Phi) is 2.73. The van der Waals surface area contributed by atoms with Crippen LogP contribution in [0.25, 0.3) is 0 Å². The highest BCUT2D eigenvalue weighted by Crippen LogP contribution is 2.29. The maximum absolute atomic E-state index is 11.4. The van der Waals surface area contributed by atoms with Gasteiger partial charge in [-0.05, 0) is 25.0 Å². The van der Waals surface area contributed by atoms with Gasteiger partial charge in [-0.1, -0.05) is 0 Å². The van der Waals surface area contributed by atoms with Crippen molar-refractivity contribution in [3.8, 4) is 11.5 Å². The minimum atomic E-state index is 0.0330. The van der Waals surface area contributed by atoms with E-state index in [1.54, 1.807) is 18.2 Å². The van der Waals surface area contributed by atoms with E-state index < -0.39 is 0 Å². The van der Waals surface area contributed by atoms with Crippen LogP contribution in [-0.4, -0.2) is 31.7 Å². The number of hydrogen-bond acceptors (Lipinski definition) is 4. The molecule has 1 fully saturated rings. The average Bonchev–Trinajstić information content (AvgIpc) is 2.97. The first kappa shape index (κ1) is 10.6. The van der Waals surface area contributed by atoms with Crippen LogP contribution in [0.5, 0.6) is 11.5 Å². The molecule has 90 valence electrons. The van der Waals surface area contributed by atoms with Gasteiger partial charge in [-0.15, -0.1) is 0 Å². The van der Waals surface area contributed by atoms with Crippen molar-refractivity contribution in [2.45, 2.75) is 18.9 Å². The fourth-order valence-electron chi connectivity index (χ4n) is 2.13. The van der Waals surface area contributed by atoms with Crippen LogP contribution in [0.4, 0.5) is 0 Å². The molecule has 0 aromatic heterocycles. The molecule has 1 aromatic carbocycles. The molecule has 1 atom stereocenters. The highest BCUT2D eigenvalue weighted by Gasteiger charge is 2.22. The van der Waals surface area contributed by atoms with Crippen LogP contribution in [0, 0.1) is 0 Å². The topological polar surface area (TPSA) is 44.8 Å². The van der Waals surface area contributed by atoms with Gasteiger partial charge in [0.1, 0.15) is 18.1 Å². The van der Waals surface area contributed by atoms with E-state index in [4.69, 9.17) is 14.2 Å². The van der Waals surface area contributed by atoms with Gasteiger partial charge in [-0.2, -0.15) is 0 Å². The van der Waals surface area contributed by atoms with E-state index >= 15 is 0 Å². The number of fused-ring (bicyclic) bond motifs is 1. The Morgan fingerprint density at radius 2 is 2.35 bits per heavy atom. The Morgan fingerprint density at radius 3 is 3.18 bits per heavy atom. The van der Waals surface area contributed by atoms with Crippen molar-refractivity contribution >= 4 is 5.78 Å². The quantitative estimate of drug-likeness (QED) is 0.800. The molecule has 1 saturated heterocycles. The molecule has 3 rings (SSSR count). The summed E-state index contributed by atoms with van der Waals surface area (Å²) in [6.07, 6.45) is 2.36. The van der Waals surface area contributed by atoms with E-state index in [-0.39, 0.29) is 18.5 Å². The lowest BCUT2D eigenvalue weighted by Gasteiger charge is -2.11. The molecule has 4 heteroatoms. The Balaban J connectivity index is 1.66. The first-order chi connectivity index (χ1) is 8.33. The number of Topliss-reactive ketones (excluding diaryl/α,β-unsaturated/α-hetero) is 1. The summed E-state index contributed by atoms with van der Waals surface area (Å²) in [6.45, 7) is 1.53. The van der Waals surface area contributed by atoms with E-state index in [2.05, 4.69) is 0 Å². The maximum Gasteiger partial charge on any atom is 0.203 e. The predicted octanol–water partition coefficient (Wildman–Crippen LogP) is 1.82. The molecular formula is C13H14O4. The first-order valence-corrected chi connectivity index (χ1v) is 5.87. The summed E-state index contributed by atoms with van der Waals surface area (Å²) in [5.74, 6) is 1.39. The van der Waals surface area contributed by atoms with Gasteiger partial charge in [0.25, 0.3) is 0 Å². The normalized spacial score (nSPS) is 22.4. The zero-order chi connectivity index (χ0) is 11.7. The van der Waals surface area contributed by atoms with E-state index in [1.807, 2.05) is 0 Å². The third-order valence-electron chi connectivity index (χ3n) is 3.07. The van der Waals surface area contributed by atoms with Gasteiger partial charge in [0.05, 0.1) is 11.7 Å². The Labute approximate surface area is 99.5 Å². The SMILES string of the molecule is O=C1COc2cc(OCC3CCCO3)ccc21. The molecule has 2 aliphatic rings. The lowest BCUT2D eigenvalue weighted by molar-refractivity contribution is 0.0679. The summed E-state index contributed by atoms with van der Waals surface area (Å²) in [7, 11) is 0.